The maximum Gasteiger partial charge on any atom is 0.166 e. The normalized spacial score (nSPS) is 12.5. The summed E-state index contributed by atoms with van der Waals surface area (Å²) in [7, 11) is 1.66. The lowest BCUT2D eigenvalue weighted by molar-refractivity contribution is 0.415. The number of nitrogens with two attached hydrogens (primary N) is 1. The molecule has 1 heterocycles. The number of methoxy groups -OCH3 is 1. The molecule has 0 saturated carbocycles. The highest BCUT2D eigenvalue weighted by Gasteiger charge is 2.11. The van der Waals surface area contributed by atoms with Gasteiger partial charge >= 0.3 is 0 Å². The Labute approximate surface area is 127 Å². The van der Waals surface area contributed by atoms with E-state index >= 15 is 0 Å². The summed E-state index contributed by atoms with van der Waals surface area (Å²) in [6.45, 7) is 2.16. The first-order chi connectivity index (χ1) is 10.2. The van der Waals surface area contributed by atoms with E-state index in [9.17, 15) is 0 Å². The van der Waals surface area contributed by atoms with Crippen molar-refractivity contribution < 1.29 is 4.74 Å². The minimum absolute atomic E-state index is 0.299. The summed E-state index contributed by atoms with van der Waals surface area (Å²) in [6, 6.07) is 13.8. The van der Waals surface area contributed by atoms with Crippen LogP contribution in [0.2, 0.25) is 0 Å². The van der Waals surface area contributed by atoms with Gasteiger partial charge in [0.25, 0.3) is 0 Å². The minimum Gasteiger partial charge on any atom is -0.497 e. The number of thioether (sulfide) groups is 1. The molecule has 108 valence electrons. The van der Waals surface area contributed by atoms with Crippen molar-refractivity contribution in [2.45, 2.75) is 17.3 Å². The van der Waals surface area contributed by atoms with Gasteiger partial charge in [-0.3, -0.25) is 0 Å². The minimum atomic E-state index is 0.299. The quantitative estimate of drug-likeness (QED) is 0.564. The predicted molar refractivity (Wildman–Crippen MR) is 87.8 cm³/mol. The molecule has 0 spiro atoms. The van der Waals surface area contributed by atoms with E-state index in [0.717, 1.165) is 27.6 Å². The molecule has 1 unspecified atom stereocenters. The third-order valence-electron chi connectivity index (χ3n) is 3.36. The van der Waals surface area contributed by atoms with Gasteiger partial charge in [-0.15, -0.1) is 0 Å². The Morgan fingerprint density at radius 1 is 1.19 bits per heavy atom. The highest BCUT2D eigenvalue weighted by molar-refractivity contribution is 7.99. The number of aromatic amines is 1. The van der Waals surface area contributed by atoms with E-state index in [4.69, 9.17) is 10.5 Å². The van der Waals surface area contributed by atoms with Gasteiger partial charge in [0.15, 0.2) is 5.16 Å². The van der Waals surface area contributed by atoms with Crippen molar-refractivity contribution in [1.82, 2.24) is 9.97 Å². The molecule has 21 heavy (non-hydrogen) atoms. The number of aromatic nitrogens is 2. The molecule has 4 nitrogen and oxygen atoms in total. The van der Waals surface area contributed by atoms with Crippen molar-refractivity contribution in [3.8, 4) is 5.75 Å². The maximum absolute atomic E-state index is 5.72. The van der Waals surface area contributed by atoms with Crippen LogP contribution in [-0.4, -0.2) is 17.1 Å². The summed E-state index contributed by atoms with van der Waals surface area (Å²) in [5.74, 6) is 0.828. The fourth-order valence-electron chi connectivity index (χ4n) is 2.15. The van der Waals surface area contributed by atoms with Crippen LogP contribution in [0.15, 0.2) is 47.6 Å². The van der Waals surface area contributed by atoms with Gasteiger partial charge in [-0.05, 0) is 36.8 Å². The number of imidazole rings is 1. The van der Waals surface area contributed by atoms with Crippen LogP contribution in [0.5, 0.6) is 5.75 Å². The van der Waals surface area contributed by atoms with Crippen molar-refractivity contribution in [3.63, 3.8) is 0 Å². The van der Waals surface area contributed by atoms with Gasteiger partial charge in [-0.1, -0.05) is 23.9 Å². The van der Waals surface area contributed by atoms with Gasteiger partial charge < -0.3 is 15.5 Å². The first-order valence-corrected chi connectivity index (χ1v) is 7.59. The third kappa shape index (κ3) is 2.97. The van der Waals surface area contributed by atoms with Crippen molar-refractivity contribution in [2.24, 2.45) is 0 Å². The number of benzene rings is 2. The van der Waals surface area contributed by atoms with Crippen LogP contribution in [0.1, 0.15) is 17.7 Å². The van der Waals surface area contributed by atoms with Crippen LogP contribution in [-0.2, 0) is 0 Å². The second-order valence-corrected chi connectivity index (χ2v) is 6.18. The van der Waals surface area contributed by atoms with Crippen LogP contribution in [0, 0.1) is 0 Å². The number of nitrogens with one attached hydrogen (secondary N) is 1. The van der Waals surface area contributed by atoms with E-state index in [-0.39, 0.29) is 0 Å². The number of H-pyrrole nitrogens is 1. The zero-order valence-electron chi connectivity index (χ0n) is 12.0. The predicted octanol–water partition coefficient (Wildman–Crippen LogP) is 4.01. The largest absolute Gasteiger partial charge is 0.497 e. The van der Waals surface area contributed by atoms with E-state index in [0.29, 0.717) is 5.25 Å². The lowest BCUT2D eigenvalue weighted by Gasteiger charge is -2.09. The Hall–Kier alpha value is -2.14. The average molecular weight is 299 g/mol. The van der Waals surface area contributed by atoms with Crippen LogP contribution in [0.3, 0.4) is 0 Å². The second-order valence-electron chi connectivity index (χ2n) is 4.85. The van der Waals surface area contributed by atoms with Crippen molar-refractivity contribution in [3.05, 3.63) is 48.0 Å². The van der Waals surface area contributed by atoms with Gasteiger partial charge in [-0.2, -0.15) is 0 Å². The summed E-state index contributed by atoms with van der Waals surface area (Å²) in [5, 5.41) is 1.20. The first kappa shape index (κ1) is 13.8. The van der Waals surface area contributed by atoms with Gasteiger partial charge in [0.05, 0.1) is 18.1 Å². The van der Waals surface area contributed by atoms with Crippen molar-refractivity contribution in [1.29, 1.82) is 0 Å². The summed E-state index contributed by atoms with van der Waals surface area (Å²) in [4.78, 5) is 7.93. The summed E-state index contributed by atoms with van der Waals surface area (Å²) in [6.07, 6.45) is 0. The monoisotopic (exact) mass is 299 g/mol. The zero-order chi connectivity index (χ0) is 14.8. The van der Waals surface area contributed by atoms with E-state index in [1.807, 2.05) is 30.3 Å². The lowest BCUT2D eigenvalue weighted by Crippen LogP contribution is -1.90. The lowest BCUT2D eigenvalue weighted by atomic mass is 10.1. The second kappa shape index (κ2) is 5.69. The fraction of sp³-hybridized carbons (Fsp3) is 0.188. The molecule has 0 aliphatic heterocycles. The van der Waals surface area contributed by atoms with E-state index in [2.05, 4.69) is 29.0 Å². The van der Waals surface area contributed by atoms with Crippen LogP contribution in [0.25, 0.3) is 11.0 Å². The zero-order valence-corrected chi connectivity index (χ0v) is 12.8. The summed E-state index contributed by atoms with van der Waals surface area (Å²) in [5.41, 5.74) is 9.67. The van der Waals surface area contributed by atoms with Gasteiger partial charge in [0.2, 0.25) is 0 Å². The molecule has 0 aliphatic rings. The van der Waals surface area contributed by atoms with Gasteiger partial charge in [0, 0.05) is 17.0 Å². The fourth-order valence-corrected chi connectivity index (χ4v) is 3.10. The standard InChI is InChI=1S/C16H17N3OS/c1-10(11-3-5-12(17)6-4-11)21-16-18-14-8-7-13(20-2)9-15(14)19-16/h3-10H,17H2,1-2H3,(H,18,19). The highest BCUT2D eigenvalue weighted by Crippen LogP contribution is 2.34. The molecular weight excluding hydrogens is 282 g/mol. The van der Waals surface area contributed by atoms with Gasteiger partial charge in [-0.25, -0.2) is 4.98 Å². The molecular formula is C16H17N3OS. The molecule has 0 fully saturated rings. The number of nitrogen functional groups attached to an aromatic ring is 1. The molecule has 3 aromatic rings. The summed E-state index contributed by atoms with van der Waals surface area (Å²) >= 11 is 1.69. The van der Waals surface area contributed by atoms with E-state index in [1.54, 1.807) is 18.9 Å². The summed E-state index contributed by atoms with van der Waals surface area (Å²) < 4.78 is 5.23. The average Bonchev–Trinajstić information content (AvgIpc) is 2.88. The molecule has 2 aromatic carbocycles. The topological polar surface area (TPSA) is 63.9 Å². The van der Waals surface area contributed by atoms with Crippen molar-refractivity contribution in [2.75, 3.05) is 12.8 Å². The van der Waals surface area contributed by atoms with Crippen LogP contribution in [0.4, 0.5) is 5.69 Å². The number of anilines is 1. The first-order valence-electron chi connectivity index (χ1n) is 6.71. The molecule has 0 aliphatic carbocycles. The number of nitrogens with zero attached hydrogens (tertiary/aromatic N) is 1. The number of fused-ring (bicyclic) bond motifs is 1. The van der Waals surface area contributed by atoms with Crippen molar-refractivity contribution >= 4 is 28.5 Å². The number of hydrogen-bond acceptors (Lipinski definition) is 4. The molecule has 1 atom stereocenters. The molecule has 1 aromatic heterocycles. The molecule has 0 amide bonds. The smallest absolute Gasteiger partial charge is 0.166 e. The molecule has 3 rings (SSSR count). The number of hydrogen-bond donors (Lipinski definition) is 2. The van der Waals surface area contributed by atoms with E-state index in [1.165, 1.54) is 5.56 Å². The molecule has 0 saturated heterocycles. The highest BCUT2D eigenvalue weighted by atomic mass is 32.2. The maximum atomic E-state index is 5.72. The number of ether oxygens (including phenoxy) is 1. The Morgan fingerprint density at radius 2 is 1.95 bits per heavy atom. The van der Waals surface area contributed by atoms with Crippen LogP contribution >= 0.6 is 11.8 Å². The van der Waals surface area contributed by atoms with Crippen LogP contribution < -0.4 is 10.5 Å². The van der Waals surface area contributed by atoms with E-state index < -0.39 is 0 Å². The SMILES string of the molecule is COc1ccc2nc(SC(C)c3ccc(N)cc3)[nH]c2c1. The third-order valence-corrected chi connectivity index (χ3v) is 4.40. The Bertz CT molecular complexity index is 752. The van der Waals surface area contributed by atoms with Gasteiger partial charge in [0.1, 0.15) is 5.75 Å². The Kier molecular flexibility index (Phi) is 3.75. The molecule has 5 heteroatoms. The number of rotatable bonds is 4. The molecule has 3 N–H and O–H groups in total. The Morgan fingerprint density at radius 3 is 2.67 bits per heavy atom. The molecule has 0 bridgehead atoms. The Balaban J connectivity index is 1.82. The molecule has 0 radical (unpaired) electrons.